The molecule has 0 aliphatic carbocycles. The molecule has 1 unspecified atom stereocenters. The van der Waals surface area contributed by atoms with Gasteiger partial charge in [-0.3, -0.25) is 4.79 Å². The van der Waals surface area contributed by atoms with Crippen LogP contribution in [0.1, 0.15) is 54.6 Å². The second kappa shape index (κ2) is 12.0. The molecule has 1 fully saturated rings. The minimum atomic E-state index is -0.402. The van der Waals surface area contributed by atoms with Crippen LogP contribution in [0.15, 0.2) is 36.5 Å². The number of hydrogen-bond acceptors (Lipinski definition) is 9. The number of carbonyl (C=O) groups excluding carboxylic acids is 2. The summed E-state index contributed by atoms with van der Waals surface area (Å²) >= 11 is 6.59. The van der Waals surface area contributed by atoms with Crippen molar-refractivity contribution >= 4 is 48.4 Å². The molecule has 2 aliphatic heterocycles. The molecule has 12 heteroatoms. The van der Waals surface area contributed by atoms with Gasteiger partial charge in [-0.2, -0.15) is 5.26 Å². The number of aliphatic hydroxyl groups is 1. The summed E-state index contributed by atoms with van der Waals surface area (Å²) in [6.45, 7) is 5.73. The Balaban J connectivity index is 1.44. The number of benzene rings is 2. The third kappa shape index (κ3) is 5.78. The van der Waals surface area contributed by atoms with Crippen LogP contribution in [0.3, 0.4) is 0 Å². The SMILES string of the molecule is COc1cc(C(=O)N2CCCC(O)CC2)c(Cl)cc1Nc1nccc(-c2cc(C#N)c3c(c2)C(C)(C)CN3[B]C=O)n1. The maximum atomic E-state index is 13.3. The van der Waals surface area contributed by atoms with Gasteiger partial charge < -0.3 is 29.7 Å². The summed E-state index contributed by atoms with van der Waals surface area (Å²) in [5, 5.41) is 23.3. The van der Waals surface area contributed by atoms with Gasteiger partial charge in [-0.25, -0.2) is 9.97 Å². The van der Waals surface area contributed by atoms with Gasteiger partial charge in [0.25, 0.3) is 5.91 Å². The lowest BCUT2D eigenvalue weighted by molar-refractivity contribution is 0.0753. The highest BCUT2D eigenvalue weighted by Gasteiger charge is 2.37. The molecule has 10 nitrogen and oxygen atoms in total. The molecule has 0 saturated carbocycles. The molecule has 2 N–H and O–H groups in total. The maximum absolute atomic E-state index is 13.3. The molecule has 1 saturated heterocycles. The Labute approximate surface area is 250 Å². The third-order valence-electron chi connectivity index (χ3n) is 7.76. The lowest BCUT2D eigenvalue weighted by Gasteiger charge is -2.22. The first kappa shape index (κ1) is 29.4. The van der Waals surface area contributed by atoms with Crippen molar-refractivity contribution in [1.29, 1.82) is 5.26 Å². The van der Waals surface area contributed by atoms with Crippen molar-refractivity contribution < 1.29 is 19.4 Å². The zero-order valence-corrected chi connectivity index (χ0v) is 24.5. The number of methoxy groups -OCH3 is 1. The van der Waals surface area contributed by atoms with Crippen molar-refractivity contribution in [3.8, 4) is 23.1 Å². The number of ether oxygens (including phenoxy) is 1. The van der Waals surface area contributed by atoms with E-state index in [9.17, 15) is 20.0 Å². The van der Waals surface area contributed by atoms with Crippen LogP contribution in [0.4, 0.5) is 17.3 Å². The molecule has 42 heavy (non-hydrogen) atoms. The Kier molecular flexibility index (Phi) is 8.39. The Morgan fingerprint density at radius 3 is 2.83 bits per heavy atom. The third-order valence-corrected chi connectivity index (χ3v) is 8.07. The number of halogens is 1. The number of amides is 1. The molecule has 2 aromatic carbocycles. The van der Waals surface area contributed by atoms with Crippen molar-refractivity contribution in [2.75, 3.05) is 36.9 Å². The molecule has 5 rings (SSSR count). The lowest BCUT2D eigenvalue weighted by atomic mass is 9.84. The van der Waals surface area contributed by atoms with E-state index in [-0.39, 0.29) is 22.3 Å². The van der Waals surface area contributed by atoms with Gasteiger partial charge in [0.15, 0.2) is 0 Å². The van der Waals surface area contributed by atoms with Crippen LogP contribution in [0, 0.1) is 11.3 Å². The standard InChI is InChI=1S/C30H31BClN6O4/c1-30(2)16-38(31-17-39)27-19(15-33)11-18(12-22(27)30)24-6-8-34-29(35-24)36-25-14-23(32)21(13-26(25)42-3)28(41)37-9-4-5-20(40)7-10-37/h6,8,11-14,17,20,40H,4-5,7,9-10,16H2,1-3H3,(H,34,35,36). The van der Waals surface area contributed by atoms with Gasteiger partial charge in [0, 0.05) is 42.5 Å². The van der Waals surface area contributed by atoms with Crippen LogP contribution in [0.5, 0.6) is 5.75 Å². The van der Waals surface area contributed by atoms with Gasteiger partial charge in [-0.15, -0.1) is 0 Å². The number of anilines is 3. The number of nitrogens with zero attached hydrogens (tertiary/aromatic N) is 5. The summed E-state index contributed by atoms with van der Waals surface area (Å²) < 4.78 is 5.58. The first-order chi connectivity index (χ1) is 20.1. The van der Waals surface area contributed by atoms with Crippen molar-refractivity contribution in [3.05, 3.63) is 58.2 Å². The first-order valence-corrected chi connectivity index (χ1v) is 14.1. The molecular weight excluding hydrogens is 555 g/mol. The van der Waals surface area contributed by atoms with E-state index in [1.165, 1.54) is 14.5 Å². The number of aliphatic hydroxyl groups excluding tert-OH is 1. The van der Waals surface area contributed by atoms with E-state index in [0.717, 1.165) is 29.4 Å². The second-order valence-corrected chi connectivity index (χ2v) is 11.5. The Morgan fingerprint density at radius 1 is 1.29 bits per heavy atom. The van der Waals surface area contributed by atoms with Gasteiger partial charge in [0.1, 0.15) is 18.0 Å². The minimum absolute atomic E-state index is 0.214. The Bertz CT molecular complexity index is 1580. The highest BCUT2D eigenvalue weighted by atomic mass is 35.5. The van der Waals surface area contributed by atoms with Crippen LogP contribution in [0.2, 0.25) is 5.02 Å². The number of likely N-dealkylation sites (tertiary alicyclic amines) is 1. The Hall–Kier alpha value is -4.14. The molecule has 215 valence electrons. The molecule has 0 spiro atoms. The predicted molar refractivity (Wildman–Crippen MR) is 162 cm³/mol. The van der Waals surface area contributed by atoms with Crippen LogP contribution >= 0.6 is 11.6 Å². The van der Waals surface area contributed by atoms with Crippen LogP contribution in [-0.2, 0) is 10.2 Å². The van der Waals surface area contributed by atoms with Gasteiger partial charge >= 0.3 is 7.41 Å². The maximum Gasteiger partial charge on any atom is 0.329 e. The molecule has 2 aliphatic rings. The van der Waals surface area contributed by atoms with Crippen molar-refractivity contribution in [2.24, 2.45) is 0 Å². The van der Waals surface area contributed by atoms with E-state index >= 15 is 0 Å². The van der Waals surface area contributed by atoms with E-state index in [1.807, 2.05) is 10.9 Å². The molecule has 0 bridgehead atoms. The summed E-state index contributed by atoms with van der Waals surface area (Å²) in [7, 11) is 2.96. The fourth-order valence-corrected chi connectivity index (χ4v) is 5.86. The summed E-state index contributed by atoms with van der Waals surface area (Å²) in [4.78, 5) is 37.1. The predicted octanol–water partition coefficient (Wildman–Crippen LogP) is 4.31. The van der Waals surface area contributed by atoms with Gasteiger partial charge in [-0.1, -0.05) is 25.4 Å². The molecule has 1 aromatic heterocycles. The van der Waals surface area contributed by atoms with E-state index in [2.05, 4.69) is 35.2 Å². The molecule has 1 radical (unpaired) electrons. The smallest absolute Gasteiger partial charge is 0.329 e. The van der Waals surface area contributed by atoms with Gasteiger partial charge in [-0.05, 0) is 55.2 Å². The number of aromatic nitrogens is 2. The minimum Gasteiger partial charge on any atom is -0.495 e. The zero-order chi connectivity index (χ0) is 30.0. The number of fused-ring (bicyclic) bond motifs is 1. The number of nitriles is 1. The number of hydrogen-bond donors (Lipinski definition) is 2. The number of nitrogens with one attached hydrogen (secondary N) is 1. The summed E-state index contributed by atoms with van der Waals surface area (Å²) in [5.74, 6) is 0.454. The van der Waals surface area contributed by atoms with Crippen LogP contribution < -0.4 is 14.9 Å². The van der Waals surface area contributed by atoms with E-state index in [1.54, 1.807) is 35.4 Å². The molecule has 3 aromatic rings. The molecular formula is C30H31BClN6O4. The van der Waals surface area contributed by atoms with E-state index in [0.29, 0.717) is 60.7 Å². The quantitative estimate of drug-likeness (QED) is 0.307. The fourth-order valence-electron chi connectivity index (χ4n) is 5.62. The Morgan fingerprint density at radius 2 is 2.10 bits per heavy atom. The van der Waals surface area contributed by atoms with Crippen molar-refractivity contribution in [1.82, 2.24) is 14.9 Å². The van der Waals surface area contributed by atoms with E-state index in [4.69, 9.17) is 16.3 Å². The summed E-state index contributed by atoms with van der Waals surface area (Å²) in [6, 6.07) is 11.0. The topological polar surface area (TPSA) is 132 Å². The monoisotopic (exact) mass is 585 g/mol. The first-order valence-electron chi connectivity index (χ1n) is 13.7. The molecule has 1 atom stereocenters. The highest BCUT2D eigenvalue weighted by Crippen LogP contribution is 2.44. The van der Waals surface area contributed by atoms with Crippen molar-refractivity contribution in [2.45, 2.75) is 44.6 Å². The van der Waals surface area contributed by atoms with Crippen LogP contribution in [-0.4, -0.2) is 72.3 Å². The van der Waals surface area contributed by atoms with Gasteiger partial charge in [0.05, 0.1) is 40.7 Å². The van der Waals surface area contributed by atoms with Crippen molar-refractivity contribution in [3.63, 3.8) is 0 Å². The molecule has 1 amide bonds. The number of rotatable bonds is 7. The average molecular weight is 586 g/mol. The summed E-state index contributed by atoms with van der Waals surface area (Å²) in [5.41, 5.74) is 3.98. The normalized spacial score (nSPS) is 17.6. The van der Waals surface area contributed by atoms with Gasteiger partial charge in [0.2, 0.25) is 5.95 Å². The van der Waals surface area contributed by atoms with E-state index < -0.39 is 6.10 Å². The average Bonchev–Trinajstić information content (AvgIpc) is 3.09. The molecule has 3 heterocycles. The fraction of sp³-hybridized carbons (Fsp3) is 0.367. The zero-order valence-electron chi connectivity index (χ0n) is 23.7. The van der Waals surface area contributed by atoms with Crippen LogP contribution in [0.25, 0.3) is 11.3 Å². The lowest BCUT2D eigenvalue weighted by Crippen LogP contribution is -2.32. The highest BCUT2D eigenvalue weighted by molar-refractivity contribution is 6.70. The largest absolute Gasteiger partial charge is 0.495 e. The summed E-state index contributed by atoms with van der Waals surface area (Å²) in [6.07, 6.45) is 3.86. The number of carbonyl (C=O) groups is 2. The second-order valence-electron chi connectivity index (χ2n) is 11.1.